The minimum atomic E-state index is -1.10. The minimum absolute atomic E-state index is 0.0524. The molecular formula is C23H24Cl2F2N2O4. The van der Waals surface area contributed by atoms with Crippen molar-refractivity contribution >= 4 is 40.5 Å². The van der Waals surface area contributed by atoms with Crippen molar-refractivity contribution in [2.45, 2.75) is 31.3 Å². The van der Waals surface area contributed by atoms with Gasteiger partial charge in [0.25, 0.3) is 0 Å². The second kappa shape index (κ2) is 9.91. The van der Waals surface area contributed by atoms with E-state index in [1.165, 1.54) is 6.07 Å². The van der Waals surface area contributed by atoms with E-state index < -0.39 is 18.1 Å². The highest BCUT2D eigenvalue weighted by Crippen LogP contribution is 2.38. The molecule has 6 nitrogen and oxygen atoms in total. The van der Waals surface area contributed by atoms with Crippen LogP contribution in [0.1, 0.15) is 24.8 Å². The van der Waals surface area contributed by atoms with Gasteiger partial charge in [-0.25, -0.2) is 8.78 Å². The largest absolute Gasteiger partial charge is 0.490 e. The van der Waals surface area contributed by atoms with Crippen molar-refractivity contribution in [2.75, 3.05) is 43.2 Å². The number of ether oxygens (including phenoxy) is 2. The third-order valence-electron chi connectivity index (χ3n) is 5.95. The molecule has 0 spiro atoms. The molecule has 0 radical (unpaired) electrons. The van der Waals surface area contributed by atoms with Crippen LogP contribution in [0, 0.1) is 5.82 Å². The topological polar surface area (TPSA) is 71.0 Å². The molecule has 2 aliphatic heterocycles. The quantitative estimate of drug-likeness (QED) is 0.572. The molecule has 0 unspecified atom stereocenters. The lowest BCUT2D eigenvalue weighted by Gasteiger charge is -2.39. The smallest absolute Gasteiger partial charge is 0.224 e. The van der Waals surface area contributed by atoms with E-state index in [1.807, 2.05) is 0 Å². The monoisotopic (exact) mass is 500 g/mol. The van der Waals surface area contributed by atoms with Crippen LogP contribution < -0.4 is 19.7 Å². The van der Waals surface area contributed by atoms with Gasteiger partial charge < -0.3 is 24.8 Å². The van der Waals surface area contributed by atoms with Crippen LogP contribution in [-0.2, 0) is 11.2 Å². The molecule has 2 aromatic rings. The number of anilines is 2. The van der Waals surface area contributed by atoms with Gasteiger partial charge in [0.05, 0.1) is 21.4 Å². The molecule has 178 valence electrons. The minimum Gasteiger partial charge on any atom is -0.490 e. The standard InChI is InChI=1S/C23H24Cl2F2N2O4/c24-15-2-3-19(14-1-4-21(30)28-22(14)15)33-13-23(31)5-8-29(9-6-23)18-12-20(32-10-7-26)16(25)11-17(18)27/h2-3,11-12,31H,1,4-10,13H2,(H,28,30). The highest BCUT2D eigenvalue weighted by atomic mass is 35.5. The van der Waals surface area contributed by atoms with Crippen molar-refractivity contribution in [1.29, 1.82) is 0 Å². The van der Waals surface area contributed by atoms with Crippen molar-refractivity contribution in [3.63, 3.8) is 0 Å². The van der Waals surface area contributed by atoms with Crippen LogP contribution >= 0.6 is 23.2 Å². The summed E-state index contributed by atoms with van der Waals surface area (Å²) in [7, 11) is 0. The average Bonchev–Trinajstić information content (AvgIpc) is 2.79. The van der Waals surface area contributed by atoms with Crippen LogP contribution in [0.5, 0.6) is 11.5 Å². The zero-order valence-corrected chi connectivity index (χ0v) is 19.3. The summed E-state index contributed by atoms with van der Waals surface area (Å²) in [6.45, 7) is -0.0226. The fourth-order valence-electron chi connectivity index (χ4n) is 4.10. The van der Waals surface area contributed by atoms with E-state index in [1.54, 1.807) is 17.0 Å². The third-order valence-corrected chi connectivity index (χ3v) is 6.56. The summed E-state index contributed by atoms with van der Waals surface area (Å²) in [6, 6.07) is 6.00. The molecule has 1 saturated heterocycles. The molecule has 4 rings (SSSR count). The number of rotatable bonds is 7. The lowest BCUT2D eigenvalue weighted by atomic mass is 9.92. The maximum absolute atomic E-state index is 14.5. The van der Waals surface area contributed by atoms with Crippen LogP contribution in [0.3, 0.4) is 0 Å². The number of nitrogens with one attached hydrogen (secondary N) is 1. The molecule has 0 atom stereocenters. The first-order valence-corrected chi connectivity index (χ1v) is 11.4. The van der Waals surface area contributed by atoms with Gasteiger partial charge in [0.2, 0.25) is 5.91 Å². The Morgan fingerprint density at radius 1 is 1.09 bits per heavy atom. The highest BCUT2D eigenvalue weighted by Gasteiger charge is 2.35. The number of alkyl halides is 1. The van der Waals surface area contributed by atoms with Gasteiger partial charge >= 0.3 is 0 Å². The summed E-state index contributed by atoms with van der Waals surface area (Å²) in [4.78, 5) is 13.5. The number of carbonyl (C=O) groups excluding carboxylic acids is 1. The predicted molar refractivity (Wildman–Crippen MR) is 123 cm³/mol. The number of amides is 1. The number of hydrogen-bond acceptors (Lipinski definition) is 5. The Morgan fingerprint density at radius 2 is 1.85 bits per heavy atom. The lowest BCUT2D eigenvalue weighted by Crippen LogP contribution is -2.48. The zero-order valence-electron chi connectivity index (χ0n) is 17.8. The number of carbonyl (C=O) groups is 1. The Labute approximate surface area is 200 Å². The number of halogens is 4. The van der Waals surface area contributed by atoms with E-state index in [9.17, 15) is 18.7 Å². The molecule has 2 aliphatic rings. The summed E-state index contributed by atoms with van der Waals surface area (Å²) in [5.74, 6) is 0.183. The molecule has 33 heavy (non-hydrogen) atoms. The number of aliphatic hydroxyl groups is 1. The van der Waals surface area contributed by atoms with E-state index in [-0.39, 0.29) is 29.9 Å². The van der Waals surface area contributed by atoms with E-state index in [4.69, 9.17) is 32.7 Å². The van der Waals surface area contributed by atoms with Crippen LogP contribution in [0.25, 0.3) is 0 Å². The number of hydrogen-bond donors (Lipinski definition) is 2. The second-order valence-corrected chi connectivity index (χ2v) is 9.03. The first-order valence-electron chi connectivity index (χ1n) is 10.7. The van der Waals surface area contributed by atoms with Gasteiger partial charge in [-0.05, 0) is 37.5 Å². The first-order chi connectivity index (χ1) is 15.8. The lowest BCUT2D eigenvalue weighted by molar-refractivity contribution is -0.116. The molecule has 0 bridgehead atoms. The van der Waals surface area contributed by atoms with Crippen LogP contribution in [0.2, 0.25) is 10.0 Å². The van der Waals surface area contributed by atoms with Gasteiger partial charge in [-0.1, -0.05) is 23.2 Å². The SMILES string of the molecule is O=C1CCc2c(OCC3(O)CCN(c4cc(OCCF)c(Cl)cc4F)CC3)ccc(Cl)c2N1. The Bertz CT molecular complexity index is 1050. The molecule has 2 heterocycles. The Hall–Kier alpha value is -2.29. The summed E-state index contributed by atoms with van der Waals surface area (Å²) in [5, 5.41) is 14.3. The van der Waals surface area contributed by atoms with E-state index in [0.29, 0.717) is 60.9 Å². The Balaban J connectivity index is 1.41. The van der Waals surface area contributed by atoms with Crippen LogP contribution in [0.15, 0.2) is 24.3 Å². The van der Waals surface area contributed by atoms with Crippen molar-refractivity contribution < 1.29 is 28.2 Å². The van der Waals surface area contributed by atoms with Crippen molar-refractivity contribution in [3.8, 4) is 11.5 Å². The first kappa shape index (κ1) is 23.9. The van der Waals surface area contributed by atoms with Gasteiger partial charge in [-0.3, -0.25) is 4.79 Å². The van der Waals surface area contributed by atoms with Crippen molar-refractivity contribution in [2.24, 2.45) is 0 Å². The van der Waals surface area contributed by atoms with E-state index in [0.717, 1.165) is 11.6 Å². The van der Waals surface area contributed by atoms with E-state index in [2.05, 4.69) is 5.32 Å². The Morgan fingerprint density at radius 3 is 2.58 bits per heavy atom. The molecule has 0 saturated carbocycles. The predicted octanol–water partition coefficient (Wildman–Crippen LogP) is 4.78. The van der Waals surface area contributed by atoms with Crippen molar-refractivity contribution in [1.82, 2.24) is 0 Å². The molecule has 1 amide bonds. The Kier molecular flexibility index (Phi) is 7.16. The van der Waals surface area contributed by atoms with Gasteiger partial charge in [0, 0.05) is 31.1 Å². The summed E-state index contributed by atoms with van der Waals surface area (Å²) >= 11 is 12.2. The van der Waals surface area contributed by atoms with Gasteiger partial charge in [-0.2, -0.15) is 0 Å². The van der Waals surface area contributed by atoms with Gasteiger partial charge in [0.15, 0.2) is 0 Å². The normalized spacial score (nSPS) is 17.4. The molecule has 0 aliphatic carbocycles. The highest BCUT2D eigenvalue weighted by molar-refractivity contribution is 6.34. The second-order valence-electron chi connectivity index (χ2n) is 8.22. The number of piperidine rings is 1. The maximum atomic E-state index is 14.5. The third kappa shape index (κ3) is 5.28. The summed E-state index contributed by atoms with van der Waals surface area (Å²) in [6.07, 6.45) is 1.54. The molecule has 0 aromatic heterocycles. The van der Waals surface area contributed by atoms with Crippen LogP contribution in [-0.4, -0.2) is 49.6 Å². The molecule has 2 aromatic carbocycles. The van der Waals surface area contributed by atoms with E-state index >= 15 is 0 Å². The summed E-state index contributed by atoms with van der Waals surface area (Å²) < 4.78 is 38.2. The maximum Gasteiger partial charge on any atom is 0.224 e. The number of fused-ring (bicyclic) bond motifs is 1. The number of nitrogens with zero attached hydrogens (tertiary/aromatic N) is 1. The molecule has 10 heteroatoms. The molecular weight excluding hydrogens is 477 g/mol. The molecule has 1 fully saturated rings. The fourth-order valence-corrected chi connectivity index (χ4v) is 4.53. The van der Waals surface area contributed by atoms with Gasteiger partial charge in [0.1, 0.15) is 42.8 Å². The molecule has 2 N–H and O–H groups in total. The fraction of sp³-hybridized carbons (Fsp3) is 0.435. The van der Waals surface area contributed by atoms with Gasteiger partial charge in [-0.15, -0.1) is 0 Å². The number of benzene rings is 2. The zero-order chi connectivity index (χ0) is 23.6. The average molecular weight is 501 g/mol. The van der Waals surface area contributed by atoms with Crippen molar-refractivity contribution in [3.05, 3.63) is 45.7 Å². The summed E-state index contributed by atoms with van der Waals surface area (Å²) in [5.41, 5.74) is 0.555. The van der Waals surface area contributed by atoms with Crippen LogP contribution in [0.4, 0.5) is 20.2 Å².